The van der Waals surface area contributed by atoms with Crippen molar-refractivity contribution in [3.63, 3.8) is 0 Å². The zero-order valence-electron chi connectivity index (χ0n) is 17.8. The summed E-state index contributed by atoms with van der Waals surface area (Å²) < 4.78 is 0. The van der Waals surface area contributed by atoms with E-state index in [1.165, 1.54) is 89.9 Å². The van der Waals surface area contributed by atoms with E-state index in [1.807, 2.05) is 0 Å². The maximum absolute atomic E-state index is 7.26. The minimum Gasteiger partial charge on any atom is -0.325 e. The van der Waals surface area contributed by atoms with E-state index in [2.05, 4.69) is 27.7 Å². The van der Waals surface area contributed by atoms with E-state index in [-0.39, 0.29) is 21.9 Å². The van der Waals surface area contributed by atoms with Crippen molar-refractivity contribution in [1.29, 1.82) is 0 Å². The first kappa shape index (κ1) is 21.2. The first-order valence-electron chi connectivity index (χ1n) is 11.3. The maximum atomic E-state index is 7.26. The molecule has 0 bridgehead atoms. The zero-order chi connectivity index (χ0) is 18.6. The molecule has 4 atom stereocenters. The normalized spacial score (nSPS) is 42.5. The smallest absolute Gasteiger partial charge is 0.0226 e. The van der Waals surface area contributed by atoms with Crippen LogP contribution in [-0.4, -0.2) is 11.1 Å². The average molecular weight is 351 g/mol. The number of nitrogens with two attached hydrogens (primary N) is 2. The van der Waals surface area contributed by atoms with Crippen LogP contribution in [0.25, 0.3) is 0 Å². The lowest BCUT2D eigenvalue weighted by atomic mass is 9.51. The second kappa shape index (κ2) is 8.30. The third-order valence-electron chi connectivity index (χ3n) is 8.40. The van der Waals surface area contributed by atoms with Gasteiger partial charge in [0.15, 0.2) is 0 Å². The lowest BCUT2D eigenvalue weighted by Gasteiger charge is -2.58. The molecule has 0 aromatic rings. The van der Waals surface area contributed by atoms with Gasteiger partial charge in [-0.25, -0.2) is 0 Å². The molecule has 2 nitrogen and oxygen atoms in total. The van der Waals surface area contributed by atoms with Crippen LogP contribution in [0.3, 0.4) is 0 Å². The van der Waals surface area contributed by atoms with Gasteiger partial charge < -0.3 is 11.5 Å². The third kappa shape index (κ3) is 4.26. The molecular formula is C23H46N2. The van der Waals surface area contributed by atoms with Crippen LogP contribution in [0.4, 0.5) is 0 Å². The van der Waals surface area contributed by atoms with Crippen molar-refractivity contribution in [2.24, 2.45) is 22.3 Å². The third-order valence-corrected chi connectivity index (χ3v) is 8.40. The predicted octanol–water partition coefficient (Wildman–Crippen LogP) is 6.31. The molecule has 0 saturated heterocycles. The molecule has 4 N–H and O–H groups in total. The Bertz CT molecular complexity index is 384. The van der Waals surface area contributed by atoms with Gasteiger partial charge in [0.25, 0.3) is 0 Å². The molecule has 2 heteroatoms. The first-order chi connectivity index (χ1) is 11.7. The minimum absolute atomic E-state index is 0.0695. The van der Waals surface area contributed by atoms with Crippen molar-refractivity contribution in [2.75, 3.05) is 0 Å². The Hall–Kier alpha value is -0.0800. The van der Waals surface area contributed by atoms with Crippen molar-refractivity contribution < 1.29 is 0 Å². The van der Waals surface area contributed by atoms with Crippen LogP contribution in [0.1, 0.15) is 124 Å². The molecule has 0 aromatic carbocycles. The molecule has 0 aromatic heterocycles. The fourth-order valence-corrected chi connectivity index (χ4v) is 6.06. The quantitative estimate of drug-likeness (QED) is 0.538. The highest BCUT2D eigenvalue weighted by Gasteiger charge is 2.54. The van der Waals surface area contributed by atoms with Crippen LogP contribution in [0.15, 0.2) is 0 Å². The number of rotatable bonds is 8. The van der Waals surface area contributed by atoms with Gasteiger partial charge in [0.05, 0.1) is 0 Å². The molecule has 2 aliphatic rings. The van der Waals surface area contributed by atoms with Gasteiger partial charge in [0.1, 0.15) is 0 Å². The Kier molecular flexibility index (Phi) is 7.04. The van der Waals surface area contributed by atoms with Gasteiger partial charge in [-0.05, 0) is 55.8 Å². The van der Waals surface area contributed by atoms with Crippen LogP contribution in [-0.2, 0) is 0 Å². The molecule has 4 unspecified atom stereocenters. The van der Waals surface area contributed by atoms with E-state index >= 15 is 0 Å². The summed E-state index contributed by atoms with van der Waals surface area (Å²) in [6.07, 6.45) is 19.0. The van der Waals surface area contributed by atoms with Crippen LogP contribution in [0.2, 0.25) is 0 Å². The second-order valence-corrected chi connectivity index (χ2v) is 10.2. The summed E-state index contributed by atoms with van der Waals surface area (Å²) in [4.78, 5) is 0. The fraction of sp³-hybridized carbons (Fsp3) is 1.00. The highest BCUT2D eigenvalue weighted by molar-refractivity contribution is 5.12. The van der Waals surface area contributed by atoms with Gasteiger partial charge in [-0.3, -0.25) is 0 Å². The molecule has 0 radical (unpaired) electrons. The molecule has 2 rings (SSSR count). The Balaban J connectivity index is 2.24. The molecule has 148 valence electrons. The van der Waals surface area contributed by atoms with Crippen LogP contribution in [0, 0.1) is 10.8 Å². The zero-order valence-corrected chi connectivity index (χ0v) is 17.8. The fourth-order valence-electron chi connectivity index (χ4n) is 6.06. The summed E-state index contributed by atoms with van der Waals surface area (Å²) in [6.45, 7) is 9.57. The number of hydrogen-bond donors (Lipinski definition) is 2. The van der Waals surface area contributed by atoms with Gasteiger partial charge in [0, 0.05) is 11.1 Å². The van der Waals surface area contributed by atoms with Gasteiger partial charge in [-0.2, -0.15) is 0 Å². The van der Waals surface area contributed by atoms with Crippen molar-refractivity contribution >= 4 is 0 Å². The molecule has 2 aliphatic carbocycles. The molecule has 0 aliphatic heterocycles. The van der Waals surface area contributed by atoms with Crippen molar-refractivity contribution in [3.05, 3.63) is 0 Å². The van der Waals surface area contributed by atoms with Gasteiger partial charge >= 0.3 is 0 Å². The van der Waals surface area contributed by atoms with E-state index in [0.29, 0.717) is 0 Å². The molecule has 2 saturated carbocycles. The summed E-state index contributed by atoms with van der Waals surface area (Å²) in [7, 11) is 0. The molecule has 0 heterocycles. The Morgan fingerprint density at radius 2 is 1.00 bits per heavy atom. The summed E-state index contributed by atoms with van der Waals surface area (Å²) >= 11 is 0. The van der Waals surface area contributed by atoms with Crippen molar-refractivity contribution in [2.45, 2.75) is 135 Å². The Morgan fingerprint density at radius 1 is 0.640 bits per heavy atom. The Labute approximate surface area is 157 Å². The lowest BCUT2D eigenvalue weighted by Crippen LogP contribution is -2.66. The molecule has 25 heavy (non-hydrogen) atoms. The number of hydrogen-bond acceptors (Lipinski definition) is 2. The summed E-state index contributed by atoms with van der Waals surface area (Å²) in [6, 6.07) is 0. The second-order valence-electron chi connectivity index (χ2n) is 10.2. The van der Waals surface area contributed by atoms with Crippen molar-refractivity contribution in [3.8, 4) is 0 Å². The SMILES string of the molecule is CCCCC1(C)CCCCC1(N)CC1(N)CCCCC1(C)CCCC. The maximum Gasteiger partial charge on any atom is 0.0226 e. The van der Waals surface area contributed by atoms with E-state index in [0.717, 1.165) is 6.42 Å². The summed E-state index contributed by atoms with van der Waals surface area (Å²) in [5, 5.41) is 0. The largest absolute Gasteiger partial charge is 0.325 e. The molecule has 0 spiro atoms. The van der Waals surface area contributed by atoms with Gasteiger partial charge in [-0.1, -0.05) is 79.1 Å². The first-order valence-corrected chi connectivity index (χ1v) is 11.3. The van der Waals surface area contributed by atoms with Gasteiger partial charge in [0.2, 0.25) is 0 Å². The monoisotopic (exact) mass is 350 g/mol. The van der Waals surface area contributed by atoms with E-state index < -0.39 is 0 Å². The number of unbranched alkanes of at least 4 members (excludes halogenated alkanes) is 2. The highest BCUT2D eigenvalue weighted by Crippen LogP contribution is 2.55. The average Bonchev–Trinajstić information content (AvgIpc) is 2.57. The van der Waals surface area contributed by atoms with Crippen LogP contribution < -0.4 is 11.5 Å². The van der Waals surface area contributed by atoms with Crippen LogP contribution in [0.5, 0.6) is 0 Å². The van der Waals surface area contributed by atoms with E-state index in [1.54, 1.807) is 0 Å². The van der Waals surface area contributed by atoms with Crippen molar-refractivity contribution in [1.82, 2.24) is 0 Å². The Morgan fingerprint density at radius 3 is 1.36 bits per heavy atom. The standard InChI is InChI=1S/C23H46N2/c1-5-7-13-20(3)15-9-11-17-22(20,24)19-23(25)18-12-10-16-21(23,4)14-8-6-2/h5-19,24-25H2,1-4H3. The minimum atomic E-state index is -0.0695. The molecule has 2 fully saturated rings. The van der Waals surface area contributed by atoms with Gasteiger partial charge in [-0.15, -0.1) is 0 Å². The summed E-state index contributed by atoms with van der Waals surface area (Å²) in [5.41, 5.74) is 14.9. The lowest BCUT2D eigenvalue weighted by molar-refractivity contribution is -0.0149. The molecular weight excluding hydrogens is 304 g/mol. The molecule has 0 amide bonds. The highest BCUT2D eigenvalue weighted by atomic mass is 14.9. The predicted molar refractivity (Wildman–Crippen MR) is 111 cm³/mol. The van der Waals surface area contributed by atoms with Crippen LogP contribution >= 0.6 is 0 Å². The van der Waals surface area contributed by atoms with E-state index in [4.69, 9.17) is 11.5 Å². The van der Waals surface area contributed by atoms with E-state index in [9.17, 15) is 0 Å². The summed E-state index contributed by atoms with van der Waals surface area (Å²) in [5.74, 6) is 0. The topological polar surface area (TPSA) is 52.0 Å².